The molecule has 3 aromatic rings. The maximum Gasteiger partial charge on any atom is 0.263 e. The standard InChI is InChI=1S/C21H21N3O3S2/c1-26-15-7-6-13(12-16(15)27-2)8-10-24-20(25)18-14-4-3-5-17(14)29-19(18)23-21(24)28-11-9-22/h6-7,12H,3-5,8,10-11H2,1-2H3. The van der Waals surface area contributed by atoms with E-state index in [4.69, 9.17) is 19.7 Å². The van der Waals surface area contributed by atoms with E-state index in [0.29, 0.717) is 29.6 Å². The van der Waals surface area contributed by atoms with Crippen LogP contribution in [-0.2, 0) is 25.8 Å². The number of aryl methyl sites for hydroxylation is 3. The fourth-order valence-electron chi connectivity index (χ4n) is 3.74. The summed E-state index contributed by atoms with van der Waals surface area (Å²) in [6.07, 6.45) is 3.74. The highest BCUT2D eigenvalue weighted by molar-refractivity contribution is 7.99. The fraction of sp³-hybridized carbons (Fsp3) is 0.381. The molecule has 0 saturated carbocycles. The Balaban J connectivity index is 1.71. The van der Waals surface area contributed by atoms with Crippen molar-refractivity contribution in [2.75, 3.05) is 20.0 Å². The Bertz CT molecular complexity index is 1160. The second kappa shape index (κ2) is 8.47. The van der Waals surface area contributed by atoms with E-state index in [2.05, 4.69) is 6.07 Å². The molecule has 0 aliphatic heterocycles. The van der Waals surface area contributed by atoms with Crippen LogP contribution in [0.1, 0.15) is 22.4 Å². The monoisotopic (exact) mass is 427 g/mol. The number of benzene rings is 1. The van der Waals surface area contributed by atoms with Crippen LogP contribution in [0.25, 0.3) is 10.2 Å². The molecule has 150 valence electrons. The topological polar surface area (TPSA) is 77.1 Å². The van der Waals surface area contributed by atoms with Crippen LogP contribution in [0, 0.1) is 11.3 Å². The zero-order valence-corrected chi connectivity index (χ0v) is 18.0. The molecule has 2 heterocycles. The van der Waals surface area contributed by atoms with E-state index in [1.54, 1.807) is 30.1 Å². The lowest BCUT2D eigenvalue weighted by molar-refractivity contribution is 0.354. The molecule has 0 saturated heterocycles. The minimum absolute atomic E-state index is 0.00955. The van der Waals surface area contributed by atoms with Crippen LogP contribution in [0.15, 0.2) is 28.2 Å². The molecular formula is C21H21N3O3S2. The van der Waals surface area contributed by atoms with E-state index in [1.165, 1.54) is 22.2 Å². The first-order chi connectivity index (χ1) is 14.2. The van der Waals surface area contributed by atoms with Crippen molar-refractivity contribution in [3.05, 3.63) is 44.6 Å². The molecule has 0 unspecified atom stereocenters. The van der Waals surface area contributed by atoms with Gasteiger partial charge in [-0.15, -0.1) is 11.3 Å². The van der Waals surface area contributed by atoms with Crippen molar-refractivity contribution in [2.45, 2.75) is 37.4 Å². The van der Waals surface area contributed by atoms with E-state index < -0.39 is 0 Å². The van der Waals surface area contributed by atoms with E-state index in [0.717, 1.165) is 35.0 Å². The summed E-state index contributed by atoms with van der Waals surface area (Å²) in [5.41, 5.74) is 2.23. The molecular weight excluding hydrogens is 406 g/mol. The number of nitriles is 1. The Morgan fingerprint density at radius 2 is 2.10 bits per heavy atom. The molecule has 1 aliphatic rings. The van der Waals surface area contributed by atoms with Crippen LogP contribution >= 0.6 is 23.1 Å². The Hall–Kier alpha value is -2.50. The molecule has 0 atom stereocenters. The molecule has 2 aromatic heterocycles. The Morgan fingerprint density at radius 1 is 1.28 bits per heavy atom. The van der Waals surface area contributed by atoms with Crippen LogP contribution in [0.5, 0.6) is 11.5 Å². The van der Waals surface area contributed by atoms with Crippen molar-refractivity contribution < 1.29 is 9.47 Å². The van der Waals surface area contributed by atoms with Gasteiger partial charge in [-0.1, -0.05) is 17.8 Å². The first-order valence-electron chi connectivity index (χ1n) is 9.42. The SMILES string of the molecule is COc1ccc(CCn2c(SCC#N)nc3sc4c(c3c2=O)CCC4)cc1OC. The van der Waals surface area contributed by atoms with Gasteiger partial charge in [-0.2, -0.15) is 5.26 Å². The molecule has 1 aliphatic carbocycles. The number of hydrogen-bond acceptors (Lipinski definition) is 7. The number of hydrogen-bond donors (Lipinski definition) is 0. The van der Waals surface area contributed by atoms with Gasteiger partial charge in [-0.05, 0) is 48.9 Å². The predicted molar refractivity (Wildman–Crippen MR) is 115 cm³/mol. The number of ether oxygens (including phenoxy) is 2. The summed E-state index contributed by atoms with van der Waals surface area (Å²) in [5.74, 6) is 1.61. The second-order valence-electron chi connectivity index (χ2n) is 6.77. The lowest BCUT2D eigenvalue weighted by atomic mass is 10.1. The molecule has 0 radical (unpaired) electrons. The molecule has 0 amide bonds. The van der Waals surface area contributed by atoms with Gasteiger partial charge in [-0.3, -0.25) is 9.36 Å². The van der Waals surface area contributed by atoms with Crippen molar-refractivity contribution in [1.29, 1.82) is 5.26 Å². The van der Waals surface area contributed by atoms with Gasteiger partial charge in [0.15, 0.2) is 16.7 Å². The van der Waals surface area contributed by atoms with Crippen molar-refractivity contribution in [3.8, 4) is 17.6 Å². The van der Waals surface area contributed by atoms with Gasteiger partial charge in [0.2, 0.25) is 0 Å². The second-order valence-corrected chi connectivity index (χ2v) is 8.80. The summed E-state index contributed by atoms with van der Waals surface area (Å²) in [6, 6.07) is 7.91. The van der Waals surface area contributed by atoms with E-state index >= 15 is 0 Å². The normalized spacial score (nSPS) is 12.7. The molecule has 0 spiro atoms. The fourth-order valence-corrected chi connectivity index (χ4v) is 5.73. The molecule has 8 heteroatoms. The maximum atomic E-state index is 13.4. The quantitative estimate of drug-likeness (QED) is 0.421. The van der Waals surface area contributed by atoms with Gasteiger partial charge in [0, 0.05) is 11.4 Å². The summed E-state index contributed by atoms with van der Waals surface area (Å²) in [7, 11) is 3.22. The lowest BCUT2D eigenvalue weighted by Gasteiger charge is -2.13. The molecule has 4 rings (SSSR count). The molecule has 6 nitrogen and oxygen atoms in total. The van der Waals surface area contributed by atoms with Crippen molar-refractivity contribution in [2.24, 2.45) is 0 Å². The van der Waals surface area contributed by atoms with Crippen LogP contribution in [0.3, 0.4) is 0 Å². The molecule has 29 heavy (non-hydrogen) atoms. The highest BCUT2D eigenvalue weighted by Crippen LogP contribution is 2.35. The van der Waals surface area contributed by atoms with Gasteiger partial charge in [-0.25, -0.2) is 4.98 Å². The van der Waals surface area contributed by atoms with Gasteiger partial charge < -0.3 is 9.47 Å². The smallest absolute Gasteiger partial charge is 0.263 e. The largest absolute Gasteiger partial charge is 0.493 e. The van der Waals surface area contributed by atoms with E-state index in [1.807, 2.05) is 18.2 Å². The zero-order chi connectivity index (χ0) is 20.4. The molecule has 0 fully saturated rings. The summed E-state index contributed by atoms with van der Waals surface area (Å²) >= 11 is 2.95. The first-order valence-corrected chi connectivity index (χ1v) is 11.2. The average Bonchev–Trinajstić information content (AvgIpc) is 3.32. The molecule has 0 bridgehead atoms. The average molecular weight is 428 g/mol. The summed E-state index contributed by atoms with van der Waals surface area (Å²) in [5, 5.41) is 10.4. The Kier molecular flexibility index (Phi) is 5.79. The molecule has 1 aromatic carbocycles. The number of fused-ring (bicyclic) bond motifs is 3. The van der Waals surface area contributed by atoms with Gasteiger partial charge in [0.25, 0.3) is 5.56 Å². The van der Waals surface area contributed by atoms with Crippen LogP contribution < -0.4 is 15.0 Å². The van der Waals surface area contributed by atoms with Gasteiger partial charge in [0.05, 0.1) is 31.4 Å². The third kappa shape index (κ3) is 3.72. The Labute approximate surface area is 177 Å². The predicted octanol–water partition coefficient (Wildman–Crippen LogP) is 3.82. The van der Waals surface area contributed by atoms with Crippen LogP contribution in [0.4, 0.5) is 0 Å². The number of methoxy groups -OCH3 is 2. The van der Waals surface area contributed by atoms with Crippen molar-refractivity contribution in [1.82, 2.24) is 9.55 Å². The van der Waals surface area contributed by atoms with Crippen LogP contribution in [0.2, 0.25) is 0 Å². The summed E-state index contributed by atoms with van der Waals surface area (Å²) in [6.45, 7) is 0.496. The Morgan fingerprint density at radius 3 is 2.86 bits per heavy atom. The number of nitrogens with zero attached hydrogens (tertiary/aromatic N) is 3. The highest BCUT2D eigenvalue weighted by atomic mass is 32.2. The minimum Gasteiger partial charge on any atom is -0.493 e. The maximum absolute atomic E-state index is 13.4. The first kappa shape index (κ1) is 19.8. The lowest BCUT2D eigenvalue weighted by Crippen LogP contribution is -2.24. The van der Waals surface area contributed by atoms with Crippen molar-refractivity contribution in [3.63, 3.8) is 0 Å². The van der Waals surface area contributed by atoms with Crippen molar-refractivity contribution >= 4 is 33.3 Å². The number of rotatable bonds is 7. The molecule has 0 N–H and O–H groups in total. The van der Waals surface area contributed by atoms with Gasteiger partial charge in [0.1, 0.15) is 4.83 Å². The third-order valence-electron chi connectivity index (χ3n) is 5.13. The van der Waals surface area contributed by atoms with Gasteiger partial charge >= 0.3 is 0 Å². The number of thiophene rings is 1. The zero-order valence-electron chi connectivity index (χ0n) is 16.4. The highest BCUT2D eigenvalue weighted by Gasteiger charge is 2.23. The minimum atomic E-state index is 0.00955. The van der Waals surface area contributed by atoms with E-state index in [9.17, 15) is 4.79 Å². The summed E-state index contributed by atoms with van der Waals surface area (Å²) < 4.78 is 12.4. The van der Waals surface area contributed by atoms with E-state index in [-0.39, 0.29) is 11.3 Å². The number of aromatic nitrogens is 2. The summed E-state index contributed by atoms with van der Waals surface area (Å²) in [4.78, 5) is 20.2. The van der Waals surface area contributed by atoms with Crippen LogP contribution in [-0.4, -0.2) is 29.5 Å². The third-order valence-corrected chi connectivity index (χ3v) is 7.16. The number of thioether (sulfide) groups is 1.